The normalized spacial score (nSPS) is 15.2. The Hall–Kier alpha value is -1.36. The Balaban J connectivity index is 2.87. The van der Waals surface area contributed by atoms with Gasteiger partial charge in [-0.1, -0.05) is 20.8 Å². The Morgan fingerprint density at radius 1 is 1.33 bits per heavy atom. The molecule has 2 unspecified atom stereocenters. The number of rotatable bonds is 4. The van der Waals surface area contributed by atoms with Crippen molar-refractivity contribution in [3.05, 3.63) is 11.9 Å². The summed E-state index contributed by atoms with van der Waals surface area (Å²) in [6.45, 7) is 9.91. The average molecular weight is 252 g/mol. The zero-order chi connectivity index (χ0) is 13.9. The summed E-state index contributed by atoms with van der Waals surface area (Å²) < 4.78 is 0. The molecule has 0 amide bonds. The largest absolute Gasteiger partial charge is 0.393 e. The molecular weight excluding hydrogens is 228 g/mol. The summed E-state index contributed by atoms with van der Waals surface area (Å²) in [5, 5.41) is 12.6. The molecule has 0 saturated heterocycles. The van der Waals surface area contributed by atoms with Gasteiger partial charge in [-0.15, -0.1) is 0 Å². The van der Waals surface area contributed by atoms with Gasteiger partial charge in [0.25, 0.3) is 0 Å². The van der Waals surface area contributed by atoms with E-state index in [9.17, 15) is 5.11 Å². The molecule has 18 heavy (non-hydrogen) atoms. The predicted molar refractivity (Wildman–Crippen MR) is 74.5 cm³/mol. The number of anilines is 2. The summed E-state index contributed by atoms with van der Waals surface area (Å²) in [7, 11) is 0. The van der Waals surface area contributed by atoms with Crippen LogP contribution in [-0.2, 0) is 5.41 Å². The van der Waals surface area contributed by atoms with Crippen molar-refractivity contribution in [2.24, 2.45) is 0 Å². The number of aromatic nitrogens is 2. The van der Waals surface area contributed by atoms with Crippen LogP contribution < -0.4 is 11.1 Å². The summed E-state index contributed by atoms with van der Waals surface area (Å²) in [5.74, 6) is 1.89. The zero-order valence-corrected chi connectivity index (χ0v) is 11.9. The third-order valence-electron chi connectivity index (χ3n) is 2.51. The maximum atomic E-state index is 9.34. The molecule has 0 aromatic carbocycles. The van der Waals surface area contributed by atoms with E-state index in [1.807, 2.05) is 27.7 Å². The fourth-order valence-corrected chi connectivity index (χ4v) is 1.70. The number of aliphatic hydroxyl groups excluding tert-OH is 1. The van der Waals surface area contributed by atoms with Gasteiger partial charge in [0.15, 0.2) is 0 Å². The molecule has 0 bridgehead atoms. The van der Waals surface area contributed by atoms with Crippen molar-refractivity contribution in [3.8, 4) is 0 Å². The van der Waals surface area contributed by atoms with Crippen molar-refractivity contribution in [2.45, 2.75) is 58.6 Å². The van der Waals surface area contributed by atoms with Crippen LogP contribution in [0.1, 0.15) is 46.9 Å². The van der Waals surface area contributed by atoms with E-state index < -0.39 is 0 Å². The van der Waals surface area contributed by atoms with E-state index in [-0.39, 0.29) is 17.6 Å². The summed E-state index contributed by atoms with van der Waals surface area (Å²) in [5.41, 5.74) is 5.65. The summed E-state index contributed by atoms with van der Waals surface area (Å²) in [6.07, 6.45) is 0.322. The van der Waals surface area contributed by atoms with Crippen LogP contribution in [0, 0.1) is 0 Å². The summed E-state index contributed by atoms with van der Waals surface area (Å²) in [4.78, 5) is 8.72. The summed E-state index contributed by atoms with van der Waals surface area (Å²) in [6, 6.07) is 1.85. The first-order chi connectivity index (χ1) is 8.18. The van der Waals surface area contributed by atoms with Crippen LogP contribution in [0.15, 0.2) is 6.07 Å². The van der Waals surface area contributed by atoms with E-state index in [4.69, 9.17) is 5.73 Å². The molecule has 1 heterocycles. The Morgan fingerprint density at radius 3 is 2.44 bits per heavy atom. The molecule has 102 valence electrons. The van der Waals surface area contributed by atoms with E-state index in [2.05, 4.69) is 15.3 Å². The number of nitrogen functional groups attached to an aromatic ring is 1. The minimum absolute atomic E-state index is 0.132. The summed E-state index contributed by atoms with van der Waals surface area (Å²) >= 11 is 0. The highest BCUT2D eigenvalue weighted by Gasteiger charge is 2.19. The third kappa shape index (κ3) is 4.49. The molecule has 0 fully saturated rings. The van der Waals surface area contributed by atoms with Crippen LogP contribution in [0.3, 0.4) is 0 Å². The fraction of sp³-hybridized carbons (Fsp3) is 0.692. The number of aliphatic hydroxyl groups is 1. The standard InChI is InChI=1S/C13H24N4O/c1-8(6-9(2)18)15-11-7-10(14)16-12(17-11)13(3,4)5/h7-9,18H,6H2,1-5H3,(H3,14,15,16,17). The molecule has 0 spiro atoms. The van der Waals surface area contributed by atoms with Gasteiger partial charge < -0.3 is 16.2 Å². The van der Waals surface area contributed by atoms with Crippen molar-refractivity contribution < 1.29 is 5.11 Å². The first kappa shape index (κ1) is 14.7. The van der Waals surface area contributed by atoms with Gasteiger partial charge in [-0.25, -0.2) is 9.97 Å². The molecule has 0 radical (unpaired) electrons. The van der Waals surface area contributed by atoms with Crippen LogP contribution in [0.4, 0.5) is 11.6 Å². The van der Waals surface area contributed by atoms with E-state index in [1.54, 1.807) is 13.0 Å². The van der Waals surface area contributed by atoms with Gasteiger partial charge in [0.2, 0.25) is 0 Å². The van der Waals surface area contributed by atoms with Crippen molar-refractivity contribution in [1.82, 2.24) is 9.97 Å². The fourth-order valence-electron chi connectivity index (χ4n) is 1.70. The Morgan fingerprint density at radius 2 is 1.94 bits per heavy atom. The van der Waals surface area contributed by atoms with Crippen LogP contribution in [-0.4, -0.2) is 27.2 Å². The van der Waals surface area contributed by atoms with E-state index in [0.717, 1.165) is 0 Å². The second-order valence-electron chi connectivity index (χ2n) is 5.88. The number of hydrogen-bond donors (Lipinski definition) is 3. The molecule has 0 aliphatic carbocycles. The lowest BCUT2D eigenvalue weighted by atomic mass is 9.96. The lowest BCUT2D eigenvalue weighted by molar-refractivity contribution is 0.179. The molecule has 4 N–H and O–H groups in total. The molecule has 1 aromatic heterocycles. The highest BCUT2D eigenvalue weighted by molar-refractivity contribution is 5.45. The highest BCUT2D eigenvalue weighted by atomic mass is 16.3. The second-order valence-corrected chi connectivity index (χ2v) is 5.88. The van der Waals surface area contributed by atoms with Gasteiger partial charge in [-0.2, -0.15) is 0 Å². The molecule has 0 aliphatic rings. The maximum Gasteiger partial charge on any atom is 0.138 e. The monoisotopic (exact) mass is 252 g/mol. The van der Waals surface area contributed by atoms with Gasteiger partial charge >= 0.3 is 0 Å². The highest BCUT2D eigenvalue weighted by Crippen LogP contribution is 2.21. The Kier molecular flexibility index (Phi) is 4.51. The number of nitrogens with two attached hydrogens (primary N) is 1. The van der Waals surface area contributed by atoms with Crippen molar-refractivity contribution in [1.29, 1.82) is 0 Å². The molecule has 1 rings (SSSR count). The van der Waals surface area contributed by atoms with Crippen LogP contribution in [0.5, 0.6) is 0 Å². The quantitative estimate of drug-likeness (QED) is 0.762. The van der Waals surface area contributed by atoms with E-state index in [0.29, 0.717) is 23.9 Å². The van der Waals surface area contributed by atoms with Crippen LogP contribution in [0.25, 0.3) is 0 Å². The lowest BCUT2D eigenvalue weighted by Gasteiger charge is -2.20. The van der Waals surface area contributed by atoms with E-state index >= 15 is 0 Å². The second kappa shape index (κ2) is 5.52. The first-order valence-electron chi connectivity index (χ1n) is 6.28. The maximum absolute atomic E-state index is 9.34. The average Bonchev–Trinajstić information content (AvgIpc) is 2.13. The first-order valence-corrected chi connectivity index (χ1v) is 6.28. The molecule has 0 saturated carbocycles. The van der Waals surface area contributed by atoms with Gasteiger partial charge in [0, 0.05) is 17.5 Å². The molecule has 5 nitrogen and oxygen atoms in total. The topological polar surface area (TPSA) is 84.1 Å². The third-order valence-corrected chi connectivity index (χ3v) is 2.51. The molecule has 2 atom stereocenters. The lowest BCUT2D eigenvalue weighted by Crippen LogP contribution is -2.23. The molecular formula is C13H24N4O. The Labute approximate surface area is 109 Å². The molecule has 1 aromatic rings. The van der Waals surface area contributed by atoms with Crippen molar-refractivity contribution in [3.63, 3.8) is 0 Å². The number of hydrogen-bond acceptors (Lipinski definition) is 5. The van der Waals surface area contributed by atoms with Gasteiger partial charge in [0.1, 0.15) is 17.5 Å². The number of nitrogens with one attached hydrogen (secondary N) is 1. The Bertz CT molecular complexity index is 398. The minimum Gasteiger partial charge on any atom is -0.393 e. The van der Waals surface area contributed by atoms with Crippen molar-refractivity contribution >= 4 is 11.6 Å². The number of nitrogens with zero attached hydrogens (tertiary/aromatic N) is 2. The van der Waals surface area contributed by atoms with Gasteiger partial charge in [-0.3, -0.25) is 0 Å². The minimum atomic E-state index is -0.339. The van der Waals surface area contributed by atoms with Crippen molar-refractivity contribution in [2.75, 3.05) is 11.1 Å². The van der Waals surface area contributed by atoms with E-state index in [1.165, 1.54) is 0 Å². The van der Waals surface area contributed by atoms with Crippen LogP contribution >= 0.6 is 0 Å². The SMILES string of the molecule is CC(O)CC(C)Nc1cc(N)nc(C(C)(C)C)n1. The molecule has 5 heteroatoms. The van der Waals surface area contributed by atoms with Gasteiger partial charge in [0.05, 0.1) is 6.10 Å². The van der Waals surface area contributed by atoms with Gasteiger partial charge in [-0.05, 0) is 20.3 Å². The predicted octanol–water partition coefficient (Wildman–Crippen LogP) is 1.93. The van der Waals surface area contributed by atoms with Crippen LogP contribution in [0.2, 0.25) is 0 Å². The smallest absolute Gasteiger partial charge is 0.138 e. The zero-order valence-electron chi connectivity index (χ0n) is 11.9. The molecule has 0 aliphatic heterocycles.